The summed E-state index contributed by atoms with van der Waals surface area (Å²) in [5.74, 6) is -1.27. The lowest BCUT2D eigenvalue weighted by molar-refractivity contribution is -0.139. The van der Waals surface area contributed by atoms with Gasteiger partial charge in [-0.15, -0.1) is 0 Å². The molecule has 0 bridgehead atoms. The van der Waals surface area contributed by atoms with Crippen LogP contribution in [0.2, 0.25) is 0 Å². The molecule has 0 fully saturated rings. The quantitative estimate of drug-likeness (QED) is 0.772. The number of carbonyl (C=O) groups is 2. The second-order valence-electron chi connectivity index (χ2n) is 5.87. The summed E-state index contributed by atoms with van der Waals surface area (Å²) in [6.07, 6.45) is 2.23. The molecule has 0 saturated heterocycles. The fourth-order valence-electron chi connectivity index (χ4n) is 2.77. The Balaban J connectivity index is 2.24. The van der Waals surface area contributed by atoms with Gasteiger partial charge in [0, 0.05) is 19.2 Å². The molecular formula is C16H22N2O5S. The number of sulfonamides is 1. The van der Waals surface area contributed by atoms with Gasteiger partial charge in [0.15, 0.2) is 0 Å². The van der Waals surface area contributed by atoms with E-state index >= 15 is 0 Å². The van der Waals surface area contributed by atoms with Gasteiger partial charge < -0.3 is 10.0 Å². The summed E-state index contributed by atoms with van der Waals surface area (Å²) < 4.78 is 27.2. The molecule has 132 valence electrons. The molecule has 1 aromatic rings. The van der Waals surface area contributed by atoms with E-state index in [4.69, 9.17) is 0 Å². The van der Waals surface area contributed by atoms with Gasteiger partial charge in [-0.1, -0.05) is 19.8 Å². The first kappa shape index (κ1) is 18.4. The van der Waals surface area contributed by atoms with E-state index in [2.05, 4.69) is 4.72 Å². The zero-order chi connectivity index (χ0) is 17.9. The smallest absolute Gasteiger partial charge is 0.321 e. The normalized spacial score (nSPS) is 15.2. The molecule has 1 aliphatic heterocycles. The van der Waals surface area contributed by atoms with Crippen LogP contribution in [-0.4, -0.2) is 38.0 Å². The van der Waals surface area contributed by atoms with Crippen molar-refractivity contribution in [3.05, 3.63) is 23.8 Å². The summed E-state index contributed by atoms with van der Waals surface area (Å²) in [6.45, 7) is 3.90. The monoisotopic (exact) mass is 354 g/mol. The minimum atomic E-state index is -3.93. The molecule has 1 heterocycles. The Morgan fingerprint density at radius 3 is 2.67 bits per heavy atom. The van der Waals surface area contributed by atoms with Crippen molar-refractivity contribution in [2.45, 2.75) is 50.5 Å². The molecule has 7 nitrogen and oxygen atoms in total. The third kappa shape index (κ3) is 3.93. The molecule has 1 atom stereocenters. The van der Waals surface area contributed by atoms with E-state index in [9.17, 15) is 23.1 Å². The topological polar surface area (TPSA) is 104 Å². The fraction of sp³-hybridized carbons (Fsp3) is 0.500. The van der Waals surface area contributed by atoms with Gasteiger partial charge in [0.2, 0.25) is 15.9 Å². The van der Waals surface area contributed by atoms with Crippen molar-refractivity contribution in [3.8, 4) is 0 Å². The number of anilines is 1. The number of nitrogens with one attached hydrogen (secondary N) is 1. The molecule has 0 saturated carbocycles. The van der Waals surface area contributed by atoms with Crippen LogP contribution >= 0.6 is 0 Å². The van der Waals surface area contributed by atoms with Crippen LogP contribution in [0, 0.1) is 0 Å². The van der Waals surface area contributed by atoms with Gasteiger partial charge in [-0.25, -0.2) is 8.42 Å². The van der Waals surface area contributed by atoms with Gasteiger partial charge in [-0.2, -0.15) is 4.72 Å². The third-order valence-electron chi connectivity index (χ3n) is 4.08. The predicted molar refractivity (Wildman–Crippen MR) is 89.4 cm³/mol. The van der Waals surface area contributed by atoms with Crippen LogP contribution in [0.5, 0.6) is 0 Å². The summed E-state index contributed by atoms with van der Waals surface area (Å²) in [6, 6.07) is 3.37. The van der Waals surface area contributed by atoms with Crippen molar-refractivity contribution < 1.29 is 23.1 Å². The lowest BCUT2D eigenvalue weighted by atomic mass is 10.1. The lowest BCUT2D eigenvalue weighted by Gasteiger charge is -2.16. The van der Waals surface area contributed by atoms with E-state index < -0.39 is 22.0 Å². The average Bonchev–Trinajstić information content (AvgIpc) is 2.94. The number of carbonyl (C=O) groups excluding carboxylic acids is 1. The van der Waals surface area contributed by atoms with E-state index in [1.54, 1.807) is 11.0 Å². The Labute approximate surface area is 141 Å². The summed E-state index contributed by atoms with van der Waals surface area (Å²) >= 11 is 0. The van der Waals surface area contributed by atoms with Crippen molar-refractivity contribution in [1.29, 1.82) is 0 Å². The molecule has 24 heavy (non-hydrogen) atoms. The molecule has 1 aliphatic rings. The molecule has 0 spiro atoms. The first-order valence-corrected chi connectivity index (χ1v) is 9.40. The number of amides is 1. The highest BCUT2D eigenvalue weighted by atomic mass is 32.2. The number of fused-ring (bicyclic) bond motifs is 1. The molecule has 0 aliphatic carbocycles. The number of benzene rings is 1. The van der Waals surface area contributed by atoms with E-state index in [1.807, 2.05) is 6.92 Å². The number of rotatable bonds is 7. The highest BCUT2D eigenvalue weighted by molar-refractivity contribution is 7.89. The zero-order valence-corrected chi connectivity index (χ0v) is 14.6. The third-order valence-corrected chi connectivity index (χ3v) is 5.55. The summed E-state index contributed by atoms with van der Waals surface area (Å²) in [4.78, 5) is 24.4. The maximum Gasteiger partial charge on any atom is 0.321 e. The van der Waals surface area contributed by atoms with Crippen LogP contribution in [0.4, 0.5) is 5.69 Å². The highest BCUT2D eigenvalue weighted by Gasteiger charge is 2.28. The number of unbranched alkanes of at least 4 members (excludes halogenated alkanes) is 1. The maximum absolute atomic E-state index is 12.5. The fourth-order valence-corrected chi connectivity index (χ4v) is 4.04. The molecule has 2 rings (SSSR count). The first-order chi connectivity index (χ1) is 11.3. The van der Waals surface area contributed by atoms with Crippen LogP contribution in [-0.2, 0) is 26.0 Å². The van der Waals surface area contributed by atoms with Crippen LogP contribution < -0.4 is 9.62 Å². The summed E-state index contributed by atoms with van der Waals surface area (Å²) in [5.41, 5.74) is 1.48. The Hall–Kier alpha value is -1.93. The number of nitrogens with zero attached hydrogens (tertiary/aromatic N) is 1. The number of hydrogen-bond donors (Lipinski definition) is 2. The second-order valence-corrected chi connectivity index (χ2v) is 7.58. The SMILES string of the molecule is CCCC[C@H](NS(=O)(=O)c1ccc2c(c1)CCN2C(C)=O)C(=O)O. The lowest BCUT2D eigenvalue weighted by Crippen LogP contribution is -2.40. The van der Waals surface area contributed by atoms with E-state index in [1.165, 1.54) is 19.1 Å². The van der Waals surface area contributed by atoms with Gasteiger partial charge in [0.1, 0.15) is 6.04 Å². The van der Waals surface area contributed by atoms with Crippen molar-refractivity contribution in [2.24, 2.45) is 0 Å². The Morgan fingerprint density at radius 2 is 2.08 bits per heavy atom. The number of carboxylic acids is 1. The molecule has 1 amide bonds. The Bertz CT molecular complexity index is 745. The van der Waals surface area contributed by atoms with Crippen LogP contribution in [0.15, 0.2) is 23.1 Å². The molecule has 2 N–H and O–H groups in total. The predicted octanol–water partition coefficient (Wildman–Crippen LogP) is 1.52. The van der Waals surface area contributed by atoms with E-state index in [-0.39, 0.29) is 17.2 Å². The minimum absolute atomic E-state index is 0.0226. The second kappa shape index (κ2) is 7.31. The maximum atomic E-state index is 12.5. The molecule has 0 radical (unpaired) electrons. The van der Waals surface area contributed by atoms with Crippen molar-refractivity contribution in [3.63, 3.8) is 0 Å². The Morgan fingerprint density at radius 1 is 1.38 bits per heavy atom. The van der Waals surface area contributed by atoms with E-state index in [0.717, 1.165) is 12.0 Å². The molecule has 1 aromatic carbocycles. The van der Waals surface area contributed by atoms with Gasteiger partial charge >= 0.3 is 5.97 Å². The molecule has 0 unspecified atom stereocenters. The van der Waals surface area contributed by atoms with Gasteiger partial charge in [-0.3, -0.25) is 9.59 Å². The summed E-state index contributed by atoms with van der Waals surface area (Å²) in [5, 5.41) is 9.19. The first-order valence-electron chi connectivity index (χ1n) is 7.92. The van der Waals surface area contributed by atoms with Gasteiger partial charge in [-0.05, 0) is 36.6 Å². The van der Waals surface area contributed by atoms with Crippen LogP contribution in [0.1, 0.15) is 38.7 Å². The Kier molecular flexibility index (Phi) is 5.61. The number of hydrogen-bond acceptors (Lipinski definition) is 4. The van der Waals surface area contributed by atoms with Crippen molar-refractivity contribution in [1.82, 2.24) is 4.72 Å². The average molecular weight is 354 g/mol. The van der Waals surface area contributed by atoms with Gasteiger partial charge in [0.25, 0.3) is 0 Å². The van der Waals surface area contributed by atoms with Crippen molar-refractivity contribution in [2.75, 3.05) is 11.4 Å². The van der Waals surface area contributed by atoms with E-state index in [0.29, 0.717) is 25.1 Å². The molecule has 8 heteroatoms. The zero-order valence-electron chi connectivity index (χ0n) is 13.8. The number of carboxylic acid groups (broad SMARTS) is 1. The number of aliphatic carboxylic acids is 1. The molecule has 0 aromatic heterocycles. The van der Waals surface area contributed by atoms with Crippen LogP contribution in [0.25, 0.3) is 0 Å². The van der Waals surface area contributed by atoms with Crippen molar-refractivity contribution >= 4 is 27.6 Å². The van der Waals surface area contributed by atoms with Crippen LogP contribution in [0.3, 0.4) is 0 Å². The van der Waals surface area contributed by atoms with Gasteiger partial charge in [0.05, 0.1) is 4.90 Å². The molecular weight excluding hydrogens is 332 g/mol. The summed E-state index contributed by atoms with van der Waals surface area (Å²) in [7, 11) is -3.93. The largest absolute Gasteiger partial charge is 0.480 e. The standard InChI is InChI=1S/C16H22N2O5S/c1-3-4-5-14(16(20)21)17-24(22,23)13-6-7-15-12(10-13)8-9-18(15)11(2)19/h6-7,10,14,17H,3-5,8-9H2,1-2H3,(H,20,21)/t14-/m0/s1. The highest BCUT2D eigenvalue weighted by Crippen LogP contribution is 2.30. The minimum Gasteiger partial charge on any atom is -0.480 e.